The quantitative estimate of drug-likeness (QED) is 0.802. The third kappa shape index (κ3) is 2.78. The standard InChI is InChI=1S/C18H22N2O/c1-3-17-16(12-20(2)19-17)18(21)11-14-9-6-8-13-7-4-5-10-15(13)14/h4-5,7,10,12,14H,3,6,8-9,11H2,1-2H3. The van der Waals surface area contributed by atoms with E-state index in [-0.39, 0.29) is 5.78 Å². The van der Waals surface area contributed by atoms with Gasteiger partial charge in [0.15, 0.2) is 5.78 Å². The van der Waals surface area contributed by atoms with Crippen LogP contribution in [0.3, 0.4) is 0 Å². The Hall–Kier alpha value is -1.90. The van der Waals surface area contributed by atoms with Crippen molar-refractivity contribution in [3.8, 4) is 0 Å². The first kappa shape index (κ1) is 14.1. The Morgan fingerprint density at radius 2 is 2.19 bits per heavy atom. The predicted molar refractivity (Wildman–Crippen MR) is 83.7 cm³/mol. The van der Waals surface area contributed by atoms with Gasteiger partial charge in [0.25, 0.3) is 0 Å². The molecule has 1 aliphatic rings. The molecule has 3 nitrogen and oxygen atoms in total. The summed E-state index contributed by atoms with van der Waals surface area (Å²) >= 11 is 0. The van der Waals surface area contributed by atoms with Gasteiger partial charge in [0.05, 0.1) is 11.3 Å². The Balaban J connectivity index is 1.82. The molecule has 0 bridgehead atoms. The maximum absolute atomic E-state index is 12.7. The lowest BCUT2D eigenvalue weighted by Gasteiger charge is -2.24. The van der Waals surface area contributed by atoms with Crippen LogP contribution in [0.4, 0.5) is 0 Å². The first-order valence-electron chi connectivity index (χ1n) is 7.82. The van der Waals surface area contributed by atoms with Gasteiger partial charge in [-0.15, -0.1) is 0 Å². The molecule has 0 saturated heterocycles. The first-order chi connectivity index (χ1) is 10.2. The molecule has 0 aliphatic heterocycles. The van der Waals surface area contributed by atoms with Gasteiger partial charge in [-0.3, -0.25) is 9.48 Å². The van der Waals surface area contributed by atoms with Crippen molar-refractivity contribution in [2.45, 2.75) is 44.9 Å². The van der Waals surface area contributed by atoms with Crippen LogP contribution < -0.4 is 0 Å². The molecule has 1 aliphatic carbocycles. The number of carbonyl (C=O) groups is 1. The van der Waals surface area contributed by atoms with E-state index in [0.29, 0.717) is 12.3 Å². The van der Waals surface area contributed by atoms with Crippen molar-refractivity contribution in [3.05, 3.63) is 52.8 Å². The summed E-state index contributed by atoms with van der Waals surface area (Å²) in [7, 11) is 1.88. The van der Waals surface area contributed by atoms with Crippen molar-refractivity contribution in [2.75, 3.05) is 0 Å². The number of aryl methyl sites for hydroxylation is 3. The fourth-order valence-electron chi connectivity index (χ4n) is 3.43. The molecule has 0 radical (unpaired) electrons. The Labute approximate surface area is 126 Å². The van der Waals surface area contributed by atoms with Crippen molar-refractivity contribution in [1.29, 1.82) is 0 Å². The van der Waals surface area contributed by atoms with Crippen LogP contribution in [-0.4, -0.2) is 15.6 Å². The summed E-state index contributed by atoms with van der Waals surface area (Å²) in [4.78, 5) is 12.7. The average molecular weight is 282 g/mol. The van der Waals surface area contributed by atoms with E-state index in [2.05, 4.69) is 36.3 Å². The second-order valence-corrected chi connectivity index (χ2v) is 5.93. The Kier molecular flexibility index (Phi) is 3.91. The number of hydrogen-bond donors (Lipinski definition) is 0. The number of benzene rings is 1. The molecule has 0 spiro atoms. The number of carbonyl (C=O) groups excluding carboxylic acids is 1. The van der Waals surface area contributed by atoms with Gasteiger partial charge >= 0.3 is 0 Å². The lowest BCUT2D eigenvalue weighted by atomic mass is 9.79. The zero-order valence-corrected chi connectivity index (χ0v) is 12.8. The van der Waals surface area contributed by atoms with Gasteiger partial charge < -0.3 is 0 Å². The largest absolute Gasteiger partial charge is 0.294 e. The molecule has 110 valence electrons. The highest BCUT2D eigenvalue weighted by molar-refractivity contribution is 5.97. The highest BCUT2D eigenvalue weighted by atomic mass is 16.1. The highest BCUT2D eigenvalue weighted by Crippen LogP contribution is 2.34. The molecule has 1 aromatic carbocycles. The van der Waals surface area contributed by atoms with Crippen molar-refractivity contribution >= 4 is 5.78 Å². The minimum atomic E-state index is 0.238. The number of rotatable bonds is 4. The minimum absolute atomic E-state index is 0.238. The smallest absolute Gasteiger partial charge is 0.166 e. The average Bonchev–Trinajstić information content (AvgIpc) is 2.89. The van der Waals surface area contributed by atoms with Crippen molar-refractivity contribution in [3.63, 3.8) is 0 Å². The molecular weight excluding hydrogens is 260 g/mol. The molecule has 0 saturated carbocycles. The van der Waals surface area contributed by atoms with E-state index in [9.17, 15) is 4.79 Å². The Morgan fingerprint density at radius 1 is 1.38 bits per heavy atom. The van der Waals surface area contributed by atoms with Gasteiger partial charge in [0.1, 0.15) is 0 Å². The van der Waals surface area contributed by atoms with E-state index >= 15 is 0 Å². The Morgan fingerprint density at radius 3 is 3.00 bits per heavy atom. The van der Waals surface area contributed by atoms with Gasteiger partial charge in [-0.2, -0.15) is 5.10 Å². The van der Waals surface area contributed by atoms with E-state index in [1.165, 1.54) is 17.5 Å². The topological polar surface area (TPSA) is 34.9 Å². The fraction of sp³-hybridized carbons (Fsp3) is 0.444. The lowest BCUT2D eigenvalue weighted by Crippen LogP contribution is -2.14. The number of Topliss-reactive ketones (excluding diaryl/α,β-unsaturated/α-hetero) is 1. The third-order valence-corrected chi connectivity index (χ3v) is 4.47. The minimum Gasteiger partial charge on any atom is -0.294 e. The van der Waals surface area contributed by atoms with E-state index in [4.69, 9.17) is 0 Å². The van der Waals surface area contributed by atoms with Crippen LogP contribution in [0.5, 0.6) is 0 Å². The van der Waals surface area contributed by atoms with E-state index in [1.54, 1.807) is 4.68 Å². The molecule has 2 aromatic rings. The normalized spacial score (nSPS) is 17.5. The van der Waals surface area contributed by atoms with Gasteiger partial charge in [-0.25, -0.2) is 0 Å². The molecular formula is C18H22N2O. The highest BCUT2D eigenvalue weighted by Gasteiger charge is 2.24. The molecule has 1 atom stereocenters. The molecule has 1 heterocycles. The second-order valence-electron chi connectivity index (χ2n) is 5.93. The summed E-state index contributed by atoms with van der Waals surface area (Å²) in [6.45, 7) is 2.05. The van der Waals surface area contributed by atoms with Crippen LogP contribution in [-0.2, 0) is 19.9 Å². The Bertz CT molecular complexity index is 657. The van der Waals surface area contributed by atoms with Crippen LogP contribution >= 0.6 is 0 Å². The lowest BCUT2D eigenvalue weighted by molar-refractivity contribution is 0.0970. The number of hydrogen-bond acceptors (Lipinski definition) is 2. The second kappa shape index (κ2) is 5.84. The molecule has 21 heavy (non-hydrogen) atoms. The predicted octanol–water partition coefficient (Wildman–Crippen LogP) is 3.68. The molecule has 0 N–H and O–H groups in total. The molecule has 0 amide bonds. The first-order valence-corrected chi connectivity index (χ1v) is 7.82. The van der Waals surface area contributed by atoms with Gasteiger partial charge in [0.2, 0.25) is 0 Å². The number of nitrogens with zero attached hydrogens (tertiary/aromatic N) is 2. The summed E-state index contributed by atoms with van der Waals surface area (Å²) < 4.78 is 1.75. The van der Waals surface area contributed by atoms with E-state index < -0.39 is 0 Å². The van der Waals surface area contributed by atoms with E-state index in [0.717, 1.165) is 30.5 Å². The monoisotopic (exact) mass is 282 g/mol. The van der Waals surface area contributed by atoms with Gasteiger partial charge in [0, 0.05) is 19.7 Å². The number of aromatic nitrogens is 2. The zero-order valence-electron chi connectivity index (χ0n) is 12.8. The maximum atomic E-state index is 12.7. The van der Waals surface area contributed by atoms with E-state index in [1.807, 2.05) is 13.2 Å². The summed E-state index contributed by atoms with van der Waals surface area (Å²) in [6.07, 6.45) is 6.73. The summed E-state index contributed by atoms with van der Waals surface area (Å²) in [5.74, 6) is 0.606. The van der Waals surface area contributed by atoms with Crippen molar-refractivity contribution < 1.29 is 4.79 Å². The fourth-order valence-corrected chi connectivity index (χ4v) is 3.43. The van der Waals surface area contributed by atoms with Crippen molar-refractivity contribution in [1.82, 2.24) is 9.78 Å². The summed E-state index contributed by atoms with van der Waals surface area (Å²) in [6, 6.07) is 8.58. The van der Waals surface area contributed by atoms with Crippen LogP contribution in [0.2, 0.25) is 0 Å². The maximum Gasteiger partial charge on any atom is 0.166 e. The molecule has 3 heteroatoms. The summed E-state index contributed by atoms with van der Waals surface area (Å²) in [5.41, 5.74) is 4.53. The molecule has 1 unspecified atom stereocenters. The van der Waals surface area contributed by atoms with Gasteiger partial charge in [-0.1, -0.05) is 31.2 Å². The summed E-state index contributed by atoms with van der Waals surface area (Å²) in [5, 5.41) is 4.38. The van der Waals surface area contributed by atoms with Crippen LogP contribution in [0.15, 0.2) is 30.5 Å². The SMILES string of the molecule is CCc1nn(C)cc1C(=O)CC1CCCc2ccccc21. The number of ketones is 1. The molecule has 3 rings (SSSR count). The molecule has 0 fully saturated rings. The zero-order chi connectivity index (χ0) is 14.8. The van der Waals surface area contributed by atoms with Crippen LogP contribution in [0.25, 0.3) is 0 Å². The van der Waals surface area contributed by atoms with Crippen LogP contribution in [0.1, 0.15) is 59.3 Å². The van der Waals surface area contributed by atoms with Gasteiger partial charge in [-0.05, 0) is 42.7 Å². The molecule has 1 aromatic heterocycles. The van der Waals surface area contributed by atoms with Crippen LogP contribution in [0, 0.1) is 0 Å². The third-order valence-electron chi connectivity index (χ3n) is 4.47. The number of fused-ring (bicyclic) bond motifs is 1. The van der Waals surface area contributed by atoms with Crippen molar-refractivity contribution in [2.24, 2.45) is 7.05 Å².